The van der Waals surface area contributed by atoms with E-state index in [1.807, 2.05) is 0 Å². The van der Waals surface area contributed by atoms with Gasteiger partial charge in [0.1, 0.15) is 5.69 Å². The van der Waals surface area contributed by atoms with E-state index in [-0.39, 0.29) is 22.2 Å². The van der Waals surface area contributed by atoms with E-state index in [0.29, 0.717) is 23.8 Å². The van der Waals surface area contributed by atoms with Crippen LogP contribution in [0.2, 0.25) is 0 Å². The van der Waals surface area contributed by atoms with Gasteiger partial charge in [0.25, 0.3) is 5.56 Å². The molecule has 0 amide bonds. The van der Waals surface area contributed by atoms with Gasteiger partial charge in [-0.3, -0.25) is 14.6 Å². The SMILES string of the molecule is CCOC(=O)CCS/C(C)=N/c1[nH]c(=S)[nH]c(=O)c1N. The van der Waals surface area contributed by atoms with Crippen LogP contribution in [0, 0.1) is 4.77 Å². The first-order valence-electron chi connectivity index (χ1n) is 5.89. The third-order valence-corrected chi connectivity index (χ3v) is 3.27. The van der Waals surface area contributed by atoms with E-state index in [4.69, 9.17) is 22.7 Å². The normalized spacial score (nSPS) is 11.4. The molecule has 0 atom stereocenters. The predicted molar refractivity (Wildman–Crippen MR) is 83.1 cm³/mol. The van der Waals surface area contributed by atoms with Crippen LogP contribution < -0.4 is 11.3 Å². The van der Waals surface area contributed by atoms with Gasteiger partial charge >= 0.3 is 5.97 Å². The predicted octanol–water partition coefficient (Wildman–Crippen LogP) is 1.75. The van der Waals surface area contributed by atoms with E-state index in [9.17, 15) is 9.59 Å². The number of hydrogen-bond donors (Lipinski definition) is 3. The molecule has 1 aromatic heterocycles. The van der Waals surface area contributed by atoms with Crippen molar-refractivity contribution in [1.82, 2.24) is 9.97 Å². The monoisotopic (exact) mass is 316 g/mol. The Labute approximate surface area is 125 Å². The van der Waals surface area contributed by atoms with Gasteiger partial charge in [-0.15, -0.1) is 11.8 Å². The molecular weight excluding hydrogens is 300 g/mol. The smallest absolute Gasteiger partial charge is 0.306 e. The van der Waals surface area contributed by atoms with Gasteiger partial charge in [-0.25, -0.2) is 4.99 Å². The largest absolute Gasteiger partial charge is 0.466 e. The minimum Gasteiger partial charge on any atom is -0.466 e. The highest BCUT2D eigenvalue weighted by molar-refractivity contribution is 8.13. The van der Waals surface area contributed by atoms with E-state index in [0.717, 1.165) is 0 Å². The number of H-pyrrole nitrogens is 2. The molecule has 110 valence electrons. The molecule has 0 spiro atoms. The molecule has 20 heavy (non-hydrogen) atoms. The fourth-order valence-electron chi connectivity index (χ4n) is 1.28. The van der Waals surface area contributed by atoms with Crippen LogP contribution in [-0.2, 0) is 9.53 Å². The molecule has 0 saturated carbocycles. The van der Waals surface area contributed by atoms with E-state index >= 15 is 0 Å². The lowest BCUT2D eigenvalue weighted by Gasteiger charge is -2.03. The molecule has 7 nitrogen and oxygen atoms in total. The van der Waals surface area contributed by atoms with Crippen molar-refractivity contribution >= 4 is 46.5 Å². The number of carbonyl (C=O) groups excluding carboxylic acids is 1. The number of ether oxygens (including phenoxy) is 1. The van der Waals surface area contributed by atoms with Gasteiger partial charge < -0.3 is 15.5 Å². The quantitative estimate of drug-likeness (QED) is 0.330. The number of thioether (sulfide) groups is 1. The standard InChI is InChI=1S/C11H16N4O3S2/c1-3-18-7(16)4-5-20-6(2)13-9-8(12)10(17)15-11(19)14-9/h3-5,12H2,1-2H3,(H2,14,15,17,19)/b13-6+. The lowest BCUT2D eigenvalue weighted by atomic mass is 10.5. The molecular formula is C11H16N4O3S2. The first-order chi connectivity index (χ1) is 9.43. The van der Waals surface area contributed by atoms with E-state index in [1.54, 1.807) is 13.8 Å². The molecule has 1 rings (SSSR count). The number of rotatable bonds is 5. The zero-order valence-corrected chi connectivity index (χ0v) is 12.8. The third-order valence-electron chi connectivity index (χ3n) is 2.15. The van der Waals surface area contributed by atoms with E-state index < -0.39 is 5.56 Å². The zero-order valence-electron chi connectivity index (χ0n) is 11.2. The Hall–Kier alpha value is -1.61. The first-order valence-corrected chi connectivity index (χ1v) is 7.29. The average molecular weight is 316 g/mol. The fraction of sp³-hybridized carbons (Fsp3) is 0.455. The number of esters is 1. The Morgan fingerprint density at radius 2 is 2.20 bits per heavy atom. The molecule has 0 radical (unpaired) electrons. The maximum Gasteiger partial charge on any atom is 0.306 e. The average Bonchev–Trinajstić information content (AvgIpc) is 2.35. The Morgan fingerprint density at radius 3 is 2.85 bits per heavy atom. The summed E-state index contributed by atoms with van der Waals surface area (Å²) in [5.74, 6) is 0.514. The summed E-state index contributed by atoms with van der Waals surface area (Å²) < 4.78 is 4.97. The van der Waals surface area contributed by atoms with Crippen molar-refractivity contribution < 1.29 is 9.53 Å². The molecule has 1 aromatic rings. The molecule has 1 heterocycles. The summed E-state index contributed by atoms with van der Waals surface area (Å²) in [5, 5.41) is 0.664. The lowest BCUT2D eigenvalue weighted by Crippen LogP contribution is -2.13. The van der Waals surface area contributed by atoms with Gasteiger partial charge in [0, 0.05) is 5.75 Å². The highest BCUT2D eigenvalue weighted by Gasteiger charge is 2.05. The first kappa shape index (κ1) is 16.4. The molecule has 0 aliphatic heterocycles. The number of aromatic nitrogens is 2. The second kappa shape index (κ2) is 7.85. The highest BCUT2D eigenvalue weighted by atomic mass is 32.2. The second-order valence-electron chi connectivity index (χ2n) is 3.70. The van der Waals surface area contributed by atoms with Gasteiger partial charge in [0.15, 0.2) is 10.6 Å². The van der Waals surface area contributed by atoms with Gasteiger partial charge in [-0.1, -0.05) is 0 Å². The molecule has 4 N–H and O–H groups in total. The molecule has 0 aliphatic rings. The van der Waals surface area contributed by atoms with Crippen LogP contribution in [0.15, 0.2) is 9.79 Å². The van der Waals surface area contributed by atoms with Crippen LogP contribution >= 0.6 is 24.0 Å². The Kier molecular flexibility index (Phi) is 6.46. The maximum atomic E-state index is 11.4. The lowest BCUT2D eigenvalue weighted by molar-refractivity contribution is -0.142. The van der Waals surface area contributed by atoms with Crippen LogP contribution in [0.25, 0.3) is 0 Å². The van der Waals surface area contributed by atoms with Crippen LogP contribution in [0.5, 0.6) is 0 Å². The number of anilines is 1. The minimum atomic E-state index is -0.475. The number of nitrogens with two attached hydrogens (primary N) is 1. The van der Waals surface area contributed by atoms with Crippen molar-refractivity contribution in [3.8, 4) is 0 Å². The molecule has 9 heteroatoms. The molecule has 0 bridgehead atoms. The van der Waals surface area contributed by atoms with E-state index in [2.05, 4.69) is 15.0 Å². The van der Waals surface area contributed by atoms with Crippen molar-refractivity contribution in [1.29, 1.82) is 0 Å². The zero-order chi connectivity index (χ0) is 15.1. The minimum absolute atomic E-state index is 0.0241. The summed E-state index contributed by atoms with van der Waals surface area (Å²) in [6, 6.07) is 0. The number of hydrogen-bond acceptors (Lipinski definition) is 7. The van der Waals surface area contributed by atoms with Crippen LogP contribution in [0.4, 0.5) is 11.5 Å². The summed E-state index contributed by atoms with van der Waals surface area (Å²) in [7, 11) is 0. The number of aliphatic imine (C=N–C) groups is 1. The summed E-state index contributed by atoms with van der Waals surface area (Å²) in [4.78, 5) is 31.8. The topological polar surface area (TPSA) is 113 Å². The number of aromatic amines is 2. The van der Waals surface area contributed by atoms with Gasteiger partial charge in [0.2, 0.25) is 0 Å². The Balaban J connectivity index is 2.68. The molecule has 0 aromatic carbocycles. The van der Waals surface area contributed by atoms with Gasteiger partial charge in [0.05, 0.1) is 18.1 Å². The molecule has 0 fully saturated rings. The number of nitrogens with zero attached hydrogens (tertiary/aromatic N) is 1. The number of carbonyl (C=O) groups is 1. The van der Waals surface area contributed by atoms with Crippen LogP contribution in [-0.4, -0.2) is 33.3 Å². The summed E-state index contributed by atoms with van der Waals surface area (Å²) in [6.45, 7) is 3.89. The van der Waals surface area contributed by atoms with Crippen molar-refractivity contribution in [2.24, 2.45) is 4.99 Å². The van der Waals surface area contributed by atoms with Gasteiger partial charge in [-0.05, 0) is 26.1 Å². The van der Waals surface area contributed by atoms with Crippen LogP contribution in [0.3, 0.4) is 0 Å². The van der Waals surface area contributed by atoms with Crippen LogP contribution in [0.1, 0.15) is 20.3 Å². The molecule has 0 aliphatic carbocycles. The summed E-state index contributed by atoms with van der Waals surface area (Å²) >= 11 is 6.22. The fourth-order valence-corrected chi connectivity index (χ4v) is 2.19. The van der Waals surface area contributed by atoms with Gasteiger partial charge in [-0.2, -0.15) is 0 Å². The van der Waals surface area contributed by atoms with Crippen molar-refractivity contribution in [2.45, 2.75) is 20.3 Å². The summed E-state index contributed by atoms with van der Waals surface area (Å²) in [6.07, 6.45) is 0.298. The third kappa shape index (κ3) is 5.17. The highest BCUT2D eigenvalue weighted by Crippen LogP contribution is 2.17. The number of nitrogen functional groups attached to an aromatic ring is 1. The Morgan fingerprint density at radius 1 is 1.50 bits per heavy atom. The van der Waals surface area contributed by atoms with Crippen molar-refractivity contribution in [3.63, 3.8) is 0 Å². The number of nitrogens with one attached hydrogen (secondary N) is 2. The van der Waals surface area contributed by atoms with Crippen molar-refractivity contribution in [2.75, 3.05) is 18.1 Å². The molecule has 0 saturated heterocycles. The van der Waals surface area contributed by atoms with E-state index in [1.165, 1.54) is 11.8 Å². The maximum absolute atomic E-state index is 11.4. The summed E-state index contributed by atoms with van der Waals surface area (Å²) in [5.41, 5.74) is 5.11. The second-order valence-corrected chi connectivity index (χ2v) is 5.40. The molecule has 0 unspecified atom stereocenters. The van der Waals surface area contributed by atoms with Crippen molar-refractivity contribution in [3.05, 3.63) is 15.1 Å². The Bertz CT molecular complexity index is 621.